The maximum atomic E-state index is 13.9. The number of halogens is 4. The van der Waals surface area contributed by atoms with E-state index >= 15 is 0 Å². The summed E-state index contributed by atoms with van der Waals surface area (Å²) in [4.78, 5) is 31.8. The first kappa shape index (κ1) is 21.1. The molecule has 1 unspecified atom stereocenters. The van der Waals surface area contributed by atoms with Crippen LogP contribution in [0.3, 0.4) is 0 Å². The van der Waals surface area contributed by atoms with Crippen molar-refractivity contribution < 1.29 is 37.1 Å². The molecule has 3 amide bonds. The van der Waals surface area contributed by atoms with Gasteiger partial charge in [0, 0.05) is 31.6 Å². The third kappa shape index (κ3) is 3.59. The fourth-order valence-electron chi connectivity index (χ4n) is 3.57. The minimum atomic E-state index is -2.04. The highest BCUT2D eigenvalue weighted by Gasteiger charge is 2.35. The zero-order valence-corrected chi connectivity index (χ0v) is 16.2. The van der Waals surface area contributed by atoms with Crippen LogP contribution in [0, 0.1) is 23.3 Å². The van der Waals surface area contributed by atoms with Gasteiger partial charge < -0.3 is 15.3 Å². The Labute approximate surface area is 172 Å². The lowest BCUT2D eigenvalue weighted by molar-refractivity contribution is -0.159. The maximum Gasteiger partial charge on any atom is 0.322 e. The van der Waals surface area contributed by atoms with E-state index in [9.17, 15) is 32.3 Å². The maximum absolute atomic E-state index is 13.9. The minimum Gasteiger partial charge on any atom is -0.393 e. The van der Waals surface area contributed by atoms with Gasteiger partial charge in [-0.05, 0) is 0 Å². The van der Waals surface area contributed by atoms with Crippen molar-refractivity contribution in [3.63, 3.8) is 0 Å². The molecule has 0 spiro atoms. The van der Waals surface area contributed by atoms with Crippen LogP contribution in [0.25, 0.3) is 0 Å². The molecule has 0 aliphatic carbocycles. The number of hydrogen-bond acceptors (Lipinski definition) is 5. The van der Waals surface area contributed by atoms with Crippen LogP contribution in [0.2, 0.25) is 0 Å². The van der Waals surface area contributed by atoms with Gasteiger partial charge in [-0.1, -0.05) is 0 Å². The molecule has 1 aromatic heterocycles. The second-order valence-corrected chi connectivity index (χ2v) is 7.12. The summed E-state index contributed by atoms with van der Waals surface area (Å²) in [5.41, 5.74) is 0.342. The van der Waals surface area contributed by atoms with E-state index in [0.29, 0.717) is 17.3 Å². The van der Waals surface area contributed by atoms with Crippen molar-refractivity contribution in [2.24, 2.45) is 0 Å². The van der Waals surface area contributed by atoms with Crippen LogP contribution in [0.1, 0.15) is 21.7 Å². The molecule has 0 saturated heterocycles. The van der Waals surface area contributed by atoms with E-state index in [4.69, 9.17) is 4.84 Å². The molecule has 1 aromatic carbocycles. The topological polar surface area (TPSA) is 99.9 Å². The first-order valence-electron chi connectivity index (χ1n) is 9.24. The van der Waals surface area contributed by atoms with Gasteiger partial charge in [-0.3, -0.25) is 14.3 Å². The van der Waals surface area contributed by atoms with Crippen molar-refractivity contribution in [1.29, 1.82) is 0 Å². The molecule has 9 nitrogen and oxygen atoms in total. The third-order valence-electron chi connectivity index (χ3n) is 5.11. The number of nitrogens with zero attached hydrogens (tertiary/aromatic N) is 4. The Hall–Kier alpha value is -3.19. The van der Waals surface area contributed by atoms with Gasteiger partial charge in [0.05, 0.1) is 31.1 Å². The van der Waals surface area contributed by atoms with E-state index in [1.165, 1.54) is 16.6 Å². The second-order valence-electron chi connectivity index (χ2n) is 7.12. The largest absolute Gasteiger partial charge is 0.393 e. The third-order valence-corrected chi connectivity index (χ3v) is 5.11. The van der Waals surface area contributed by atoms with Gasteiger partial charge in [0.1, 0.15) is 11.8 Å². The Morgan fingerprint density at radius 2 is 2.03 bits per heavy atom. The monoisotopic (exact) mass is 443 g/mol. The summed E-state index contributed by atoms with van der Waals surface area (Å²) >= 11 is 0. The summed E-state index contributed by atoms with van der Waals surface area (Å²) in [6, 6.07) is -0.550. The molecule has 0 bridgehead atoms. The standard InChI is InChI=1S/C18H17F4N5O4/c1-25-17(29)16-9-6-26(3-2-11(9)24-27(16)5-8(7-28)31-25)18(30)23-12-4-10(19)13(20)15(22)14(12)21/h4,8,28H,2-3,5-7H2,1H3,(H,23,30). The van der Waals surface area contributed by atoms with Gasteiger partial charge in [0.25, 0.3) is 5.91 Å². The quantitative estimate of drug-likeness (QED) is 0.416. The molecule has 2 aliphatic heterocycles. The van der Waals surface area contributed by atoms with E-state index in [1.54, 1.807) is 0 Å². The fraction of sp³-hybridized carbons (Fsp3) is 0.389. The number of hydrogen-bond donors (Lipinski definition) is 2. The Kier molecular flexibility index (Phi) is 5.31. The second kappa shape index (κ2) is 7.81. The lowest BCUT2D eigenvalue weighted by Crippen LogP contribution is -2.40. The van der Waals surface area contributed by atoms with Gasteiger partial charge in [0.2, 0.25) is 0 Å². The molecule has 13 heteroatoms. The van der Waals surface area contributed by atoms with Crippen molar-refractivity contribution in [3.05, 3.63) is 46.3 Å². The van der Waals surface area contributed by atoms with Gasteiger partial charge in [-0.15, -0.1) is 0 Å². The summed E-state index contributed by atoms with van der Waals surface area (Å²) in [7, 11) is 1.38. The van der Waals surface area contributed by atoms with E-state index in [2.05, 4.69) is 5.10 Å². The van der Waals surface area contributed by atoms with Crippen LogP contribution < -0.4 is 5.32 Å². The van der Waals surface area contributed by atoms with Crippen molar-refractivity contribution in [1.82, 2.24) is 19.7 Å². The number of anilines is 1. The molecule has 0 radical (unpaired) electrons. The molecule has 31 heavy (non-hydrogen) atoms. The number of benzene rings is 1. The summed E-state index contributed by atoms with van der Waals surface area (Å²) in [5.74, 6) is -7.92. The number of aliphatic hydroxyl groups is 1. The molecule has 2 N–H and O–H groups in total. The predicted octanol–water partition coefficient (Wildman–Crippen LogP) is 1.41. The lowest BCUT2D eigenvalue weighted by Gasteiger charge is -2.27. The highest BCUT2D eigenvalue weighted by Crippen LogP contribution is 2.27. The van der Waals surface area contributed by atoms with E-state index in [1.807, 2.05) is 5.32 Å². The number of aliphatic hydroxyl groups excluding tert-OH is 1. The van der Waals surface area contributed by atoms with Crippen LogP contribution in [-0.4, -0.2) is 63.1 Å². The van der Waals surface area contributed by atoms with Crippen molar-refractivity contribution in [2.75, 3.05) is 25.5 Å². The molecular weight excluding hydrogens is 426 g/mol. The number of amides is 3. The molecule has 1 atom stereocenters. The summed E-state index contributed by atoms with van der Waals surface area (Å²) in [6.07, 6.45) is -0.429. The van der Waals surface area contributed by atoms with Crippen LogP contribution in [0.5, 0.6) is 0 Å². The van der Waals surface area contributed by atoms with Crippen molar-refractivity contribution in [2.45, 2.75) is 25.6 Å². The Morgan fingerprint density at radius 1 is 1.29 bits per heavy atom. The average Bonchev–Trinajstić information content (AvgIpc) is 3.05. The number of rotatable bonds is 2. The molecule has 166 valence electrons. The zero-order valence-electron chi connectivity index (χ0n) is 16.2. The first-order valence-corrected chi connectivity index (χ1v) is 9.24. The Balaban J connectivity index is 1.59. The fourth-order valence-corrected chi connectivity index (χ4v) is 3.57. The molecule has 0 fully saturated rings. The van der Waals surface area contributed by atoms with Gasteiger partial charge >= 0.3 is 6.03 Å². The number of urea groups is 1. The predicted molar refractivity (Wildman–Crippen MR) is 95.7 cm³/mol. The van der Waals surface area contributed by atoms with E-state index in [0.717, 1.165) is 5.06 Å². The summed E-state index contributed by atoms with van der Waals surface area (Å²) in [5, 5.41) is 16.8. The smallest absolute Gasteiger partial charge is 0.322 e. The molecule has 3 heterocycles. The average molecular weight is 443 g/mol. The molecule has 0 saturated carbocycles. The van der Waals surface area contributed by atoms with E-state index < -0.39 is 47.0 Å². The lowest BCUT2D eigenvalue weighted by atomic mass is 10.1. The molecule has 2 aromatic rings. The van der Waals surface area contributed by atoms with Crippen molar-refractivity contribution in [3.8, 4) is 0 Å². The first-order chi connectivity index (χ1) is 14.7. The highest BCUT2D eigenvalue weighted by atomic mass is 19.2. The number of carbonyl (C=O) groups excluding carboxylic acids is 2. The Bertz CT molecular complexity index is 1080. The van der Waals surface area contributed by atoms with Crippen LogP contribution in [-0.2, 0) is 24.3 Å². The summed E-state index contributed by atoms with van der Waals surface area (Å²) < 4.78 is 55.2. The van der Waals surface area contributed by atoms with E-state index in [-0.39, 0.29) is 38.4 Å². The Morgan fingerprint density at radius 3 is 2.74 bits per heavy atom. The number of nitrogens with one attached hydrogen (secondary N) is 1. The number of aromatic nitrogens is 2. The molecule has 2 aliphatic rings. The highest BCUT2D eigenvalue weighted by molar-refractivity contribution is 5.94. The van der Waals surface area contributed by atoms with Crippen molar-refractivity contribution >= 4 is 17.6 Å². The zero-order chi connectivity index (χ0) is 22.4. The molecule has 4 rings (SSSR count). The van der Waals surface area contributed by atoms with Gasteiger partial charge in [-0.2, -0.15) is 5.10 Å². The van der Waals surface area contributed by atoms with Crippen LogP contribution in [0.4, 0.5) is 28.0 Å². The van der Waals surface area contributed by atoms with Crippen LogP contribution >= 0.6 is 0 Å². The van der Waals surface area contributed by atoms with Gasteiger partial charge in [0.15, 0.2) is 23.3 Å². The van der Waals surface area contributed by atoms with Gasteiger partial charge in [-0.25, -0.2) is 27.4 Å². The number of carbonyl (C=O) groups is 2. The normalized spacial score (nSPS) is 18.5. The number of hydroxylamine groups is 2. The van der Waals surface area contributed by atoms with Crippen LogP contribution in [0.15, 0.2) is 6.07 Å². The minimum absolute atomic E-state index is 0.0896. The summed E-state index contributed by atoms with van der Waals surface area (Å²) in [6.45, 7) is -0.187. The SMILES string of the molecule is CN1OC(CO)Cn2nc3c(c2C1=O)CN(C(=O)Nc1cc(F)c(F)c(F)c1F)CC3. The number of fused-ring (bicyclic) bond motifs is 3. The molecular formula is C18H17F4N5O4.